The second-order valence-electron chi connectivity index (χ2n) is 6.60. The monoisotopic (exact) mass is 418 g/mol. The molecule has 6 heteroatoms. The molecule has 0 fully saturated rings. The summed E-state index contributed by atoms with van der Waals surface area (Å²) in [5, 5.41) is 5.29. The maximum absolute atomic E-state index is 12.9. The Morgan fingerprint density at radius 3 is 2.33 bits per heavy atom. The number of methoxy groups -OCH3 is 1. The number of halogens is 1. The highest BCUT2D eigenvalue weighted by Gasteiger charge is 2.20. The summed E-state index contributed by atoms with van der Waals surface area (Å²) >= 11 is 5.91. The van der Waals surface area contributed by atoms with Gasteiger partial charge in [-0.3, -0.25) is 0 Å². The van der Waals surface area contributed by atoms with E-state index < -0.39 is 5.97 Å². The van der Waals surface area contributed by atoms with E-state index in [1.54, 1.807) is 30.1 Å². The molecule has 1 aromatic heterocycles. The summed E-state index contributed by atoms with van der Waals surface area (Å²) in [7, 11) is 1.61. The van der Waals surface area contributed by atoms with E-state index in [0.29, 0.717) is 16.3 Å². The Hall–Kier alpha value is -3.57. The molecule has 3 aromatic carbocycles. The predicted molar refractivity (Wildman–Crippen MR) is 116 cm³/mol. The van der Waals surface area contributed by atoms with Crippen LogP contribution in [0.2, 0.25) is 5.02 Å². The van der Waals surface area contributed by atoms with Crippen molar-refractivity contribution in [3.63, 3.8) is 0 Å². The summed E-state index contributed by atoms with van der Waals surface area (Å²) in [6, 6.07) is 24.2. The number of ether oxygens (including phenoxy) is 2. The molecule has 0 aliphatic rings. The average Bonchev–Trinajstić information content (AvgIpc) is 3.25. The van der Waals surface area contributed by atoms with Crippen LogP contribution in [0.25, 0.3) is 16.9 Å². The second kappa shape index (κ2) is 8.84. The van der Waals surface area contributed by atoms with Crippen molar-refractivity contribution in [3.8, 4) is 22.7 Å². The van der Waals surface area contributed by atoms with Gasteiger partial charge in [-0.1, -0.05) is 41.9 Å². The zero-order chi connectivity index (χ0) is 20.9. The van der Waals surface area contributed by atoms with E-state index in [9.17, 15) is 4.79 Å². The van der Waals surface area contributed by atoms with Crippen molar-refractivity contribution in [1.29, 1.82) is 0 Å². The van der Waals surface area contributed by atoms with Crippen molar-refractivity contribution in [2.24, 2.45) is 0 Å². The van der Waals surface area contributed by atoms with Gasteiger partial charge in [-0.15, -0.1) is 0 Å². The topological polar surface area (TPSA) is 53.4 Å². The Kier molecular flexibility index (Phi) is 5.82. The molecule has 0 unspecified atom stereocenters. The minimum Gasteiger partial charge on any atom is -0.497 e. The molecule has 0 aliphatic carbocycles. The molecular weight excluding hydrogens is 400 g/mol. The molecule has 0 spiro atoms. The molecule has 0 saturated heterocycles. The molecule has 0 aliphatic heterocycles. The van der Waals surface area contributed by atoms with Crippen LogP contribution in [-0.4, -0.2) is 22.9 Å². The van der Waals surface area contributed by atoms with E-state index in [1.807, 2.05) is 66.7 Å². The molecule has 1 heterocycles. The van der Waals surface area contributed by atoms with Gasteiger partial charge in [0.15, 0.2) is 0 Å². The summed E-state index contributed by atoms with van der Waals surface area (Å²) < 4.78 is 12.5. The Morgan fingerprint density at radius 2 is 1.67 bits per heavy atom. The van der Waals surface area contributed by atoms with Gasteiger partial charge in [0.05, 0.1) is 12.8 Å². The number of esters is 1. The normalized spacial score (nSPS) is 10.6. The molecule has 30 heavy (non-hydrogen) atoms. The molecule has 5 nitrogen and oxygen atoms in total. The number of para-hydroxylation sites is 1. The van der Waals surface area contributed by atoms with Crippen LogP contribution < -0.4 is 4.74 Å². The van der Waals surface area contributed by atoms with Crippen LogP contribution in [0.15, 0.2) is 85.1 Å². The number of hydrogen-bond donors (Lipinski definition) is 0. The summed E-state index contributed by atoms with van der Waals surface area (Å²) in [4.78, 5) is 12.9. The van der Waals surface area contributed by atoms with Crippen molar-refractivity contribution < 1.29 is 14.3 Å². The highest BCUT2D eigenvalue weighted by atomic mass is 35.5. The van der Waals surface area contributed by atoms with E-state index in [4.69, 9.17) is 21.1 Å². The highest BCUT2D eigenvalue weighted by molar-refractivity contribution is 6.30. The SMILES string of the molecule is COc1ccc(-c2nn(-c3ccccc3)cc2C(=O)OCc2ccc(Cl)cc2)cc1. The van der Waals surface area contributed by atoms with Gasteiger partial charge in [0.1, 0.15) is 23.6 Å². The number of nitrogens with zero attached hydrogens (tertiary/aromatic N) is 2. The van der Waals surface area contributed by atoms with Crippen molar-refractivity contribution >= 4 is 17.6 Å². The first-order valence-corrected chi connectivity index (χ1v) is 9.73. The Morgan fingerprint density at radius 1 is 0.967 bits per heavy atom. The van der Waals surface area contributed by atoms with Gasteiger partial charge in [0.25, 0.3) is 0 Å². The largest absolute Gasteiger partial charge is 0.497 e. The summed E-state index contributed by atoms with van der Waals surface area (Å²) in [5.74, 6) is 0.283. The summed E-state index contributed by atoms with van der Waals surface area (Å²) in [6.07, 6.45) is 1.69. The van der Waals surface area contributed by atoms with Gasteiger partial charge in [0, 0.05) is 16.8 Å². The van der Waals surface area contributed by atoms with Crippen LogP contribution in [0, 0.1) is 0 Å². The molecule has 0 radical (unpaired) electrons. The predicted octanol–water partition coefficient (Wildman–Crippen LogP) is 5.56. The molecule has 0 bridgehead atoms. The molecule has 0 N–H and O–H groups in total. The van der Waals surface area contributed by atoms with Crippen LogP contribution in [0.4, 0.5) is 0 Å². The van der Waals surface area contributed by atoms with Crippen LogP contribution in [-0.2, 0) is 11.3 Å². The lowest BCUT2D eigenvalue weighted by Gasteiger charge is -2.06. The lowest BCUT2D eigenvalue weighted by molar-refractivity contribution is 0.0473. The third kappa shape index (κ3) is 4.36. The van der Waals surface area contributed by atoms with Gasteiger partial charge in [-0.2, -0.15) is 5.10 Å². The number of hydrogen-bond acceptors (Lipinski definition) is 4. The van der Waals surface area contributed by atoms with Crippen molar-refractivity contribution in [2.45, 2.75) is 6.61 Å². The van der Waals surface area contributed by atoms with Gasteiger partial charge in [0.2, 0.25) is 0 Å². The van der Waals surface area contributed by atoms with Crippen molar-refractivity contribution in [1.82, 2.24) is 9.78 Å². The molecule has 0 atom stereocenters. The second-order valence-corrected chi connectivity index (χ2v) is 7.04. The van der Waals surface area contributed by atoms with Gasteiger partial charge in [-0.25, -0.2) is 9.48 Å². The van der Waals surface area contributed by atoms with Crippen LogP contribution in [0.3, 0.4) is 0 Å². The van der Waals surface area contributed by atoms with Crippen LogP contribution >= 0.6 is 11.6 Å². The van der Waals surface area contributed by atoms with E-state index in [-0.39, 0.29) is 6.61 Å². The molecule has 150 valence electrons. The first-order valence-electron chi connectivity index (χ1n) is 9.35. The molecule has 4 aromatic rings. The van der Waals surface area contributed by atoms with E-state index in [0.717, 1.165) is 22.6 Å². The Labute approximate surface area is 179 Å². The van der Waals surface area contributed by atoms with E-state index in [1.165, 1.54) is 0 Å². The fourth-order valence-corrected chi connectivity index (χ4v) is 3.13. The maximum Gasteiger partial charge on any atom is 0.342 e. The quantitative estimate of drug-likeness (QED) is 0.385. The summed E-state index contributed by atoms with van der Waals surface area (Å²) in [5.41, 5.74) is 3.43. The third-order valence-electron chi connectivity index (χ3n) is 4.60. The number of rotatable bonds is 6. The number of aromatic nitrogens is 2. The van der Waals surface area contributed by atoms with Crippen molar-refractivity contribution in [2.75, 3.05) is 7.11 Å². The first kappa shape index (κ1) is 19.7. The maximum atomic E-state index is 12.9. The number of benzene rings is 3. The zero-order valence-electron chi connectivity index (χ0n) is 16.3. The third-order valence-corrected chi connectivity index (χ3v) is 4.85. The van der Waals surface area contributed by atoms with Crippen LogP contribution in [0.1, 0.15) is 15.9 Å². The van der Waals surface area contributed by atoms with Gasteiger partial charge < -0.3 is 9.47 Å². The minimum absolute atomic E-state index is 0.147. The zero-order valence-corrected chi connectivity index (χ0v) is 17.0. The summed E-state index contributed by atoms with van der Waals surface area (Å²) in [6.45, 7) is 0.147. The average molecular weight is 419 g/mol. The van der Waals surface area contributed by atoms with Gasteiger partial charge >= 0.3 is 5.97 Å². The Bertz CT molecular complexity index is 1140. The molecule has 4 rings (SSSR count). The lowest BCUT2D eigenvalue weighted by Crippen LogP contribution is -2.06. The standard InChI is InChI=1S/C24H19ClN2O3/c1-29-21-13-9-18(10-14-21)23-22(15-27(26-23)20-5-3-2-4-6-20)24(28)30-16-17-7-11-19(25)12-8-17/h2-15H,16H2,1H3. The van der Waals surface area contributed by atoms with Crippen molar-refractivity contribution in [3.05, 3.63) is 101 Å². The molecule has 0 amide bonds. The van der Waals surface area contributed by atoms with Crippen LogP contribution in [0.5, 0.6) is 5.75 Å². The highest BCUT2D eigenvalue weighted by Crippen LogP contribution is 2.26. The smallest absolute Gasteiger partial charge is 0.342 e. The lowest BCUT2D eigenvalue weighted by atomic mass is 10.1. The fourth-order valence-electron chi connectivity index (χ4n) is 3.01. The number of carbonyl (C=O) groups is 1. The Balaban J connectivity index is 1.66. The molecule has 0 saturated carbocycles. The van der Waals surface area contributed by atoms with Gasteiger partial charge in [-0.05, 0) is 54.1 Å². The fraction of sp³-hybridized carbons (Fsp3) is 0.0833. The molecular formula is C24H19ClN2O3. The van der Waals surface area contributed by atoms with E-state index in [2.05, 4.69) is 5.10 Å². The first-order chi connectivity index (χ1) is 14.6. The number of carbonyl (C=O) groups excluding carboxylic acids is 1. The minimum atomic E-state index is -0.446. The van der Waals surface area contributed by atoms with E-state index >= 15 is 0 Å².